The summed E-state index contributed by atoms with van der Waals surface area (Å²) in [4.78, 5) is 112. The molecule has 7 amide bonds. The Morgan fingerprint density at radius 3 is 2.32 bits per heavy atom. The minimum Gasteiger partial charge on any atom is -0.480 e. The summed E-state index contributed by atoms with van der Waals surface area (Å²) in [5, 5.41) is 31.1. The Balaban J connectivity index is 1.30. The third-order valence-electron chi connectivity index (χ3n) is 12.7. The van der Waals surface area contributed by atoms with Gasteiger partial charge in [-0.15, -0.1) is 0 Å². The molecule has 2 bridgehead atoms. The smallest absolute Gasteiger partial charge is 0.327 e. The van der Waals surface area contributed by atoms with Crippen LogP contribution in [0.3, 0.4) is 0 Å². The molecule has 7 atom stereocenters. The van der Waals surface area contributed by atoms with Gasteiger partial charge in [0.05, 0.1) is 24.9 Å². The van der Waals surface area contributed by atoms with Crippen molar-refractivity contribution in [2.45, 2.75) is 114 Å². The summed E-state index contributed by atoms with van der Waals surface area (Å²) in [5.74, 6) is -4.27. The fraction of sp³-hybridized carbons (Fsp3) is 0.436. The molecule has 0 saturated carbocycles. The van der Waals surface area contributed by atoms with Gasteiger partial charge in [0.1, 0.15) is 35.7 Å². The molecule has 1 heterocycles. The number of aliphatic imine (C=N–C) groups is 1. The number of carbonyl (C=O) groups excluding carboxylic acids is 7. The van der Waals surface area contributed by atoms with Crippen LogP contribution in [0.25, 0.3) is 10.8 Å². The lowest BCUT2D eigenvalue weighted by molar-refractivity contribution is -0.141. The molecule has 4 aromatic carbocycles. The van der Waals surface area contributed by atoms with Crippen LogP contribution < -0.4 is 54.4 Å². The van der Waals surface area contributed by atoms with E-state index >= 15 is 0 Å². The third kappa shape index (κ3) is 19.7. The Labute approximate surface area is 456 Å². The second-order valence-corrected chi connectivity index (χ2v) is 23.0. The number of aryl methyl sites for hydroxylation is 1. The minimum atomic E-state index is -1.24. The molecule has 414 valence electrons. The fourth-order valence-corrected chi connectivity index (χ4v) is 11.1. The standard InChI is InChI=1S/C55H73N11O9S2/c1-32(2)25-45-53(73)65-43(17-10-23-59-55(57)58)51(71)60-28-48(68)63-46(54(74)75)30-76-29-35-11-8-12-36(26-35)31-77(5)24-22-44(52(72)66-45)64-50(70)42(56)20-21-47(67)62-38-19-18-33(3)41(27-38)49(69)61-34(4)39-16-9-14-37-13-6-7-15-40(37)39/h6-9,11-16,18-19,26-27,32,34,42-46H,10,17,20-25,28-31,56H2,1-5H3,(H11-,57,58,59,60,61,62,63,64,65,66,67,68,69,70,71,72,73,74,75)/p+1/t34?,42-,43-,44-,45-,46-,77?/m0/s1. The first-order valence-corrected chi connectivity index (χ1v) is 28.8. The lowest BCUT2D eigenvalue weighted by Gasteiger charge is -2.26. The Morgan fingerprint density at radius 1 is 0.870 bits per heavy atom. The van der Waals surface area contributed by atoms with Crippen molar-refractivity contribution < 1.29 is 43.5 Å². The Kier molecular flexibility index (Phi) is 23.6. The molecular formula is C55H74N11O9S2+. The largest absolute Gasteiger partial charge is 0.480 e. The zero-order chi connectivity index (χ0) is 56.2. The van der Waals surface area contributed by atoms with Crippen LogP contribution >= 0.6 is 11.8 Å². The highest BCUT2D eigenvalue weighted by atomic mass is 32.2. The van der Waals surface area contributed by atoms with Gasteiger partial charge in [0.2, 0.25) is 35.4 Å². The predicted octanol–water partition coefficient (Wildman–Crippen LogP) is 3.01. The zero-order valence-electron chi connectivity index (χ0n) is 44.3. The average molecular weight is 1100 g/mol. The number of nitrogens with zero attached hydrogens (tertiary/aromatic N) is 1. The molecule has 4 aromatic rings. The van der Waals surface area contributed by atoms with Crippen LogP contribution in [0, 0.1) is 12.8 Å². The number of hydrogen-bond acceptors (Lipinski definition) is 11. The molecule has 1 aliphatic rings. The first-order valence-electron chi connectivity index (χ1n) is 25.6. The normalized spacial score (nSPS) is 20.0. The Morgan fingerprint density at radius 2 is 1.58 bits per heavy atom. The molecule has 0 aromatic heterocycles. The molecule has 0 saturated heterocycles. The number of benzene rings is 4. The van der Waals surface area contributed by atoms with Crippen LogP contribution in [-0.4, -0.2) is 119 Å². The van der Waals surface area contributed by atoms with Crippen LogP contribution in [0.2, 0.25) is 0 Å². The molecule has 1 aliphatic heterocycles. The average Bonchev–Trinajstić information content (AvgIpc) is 3.39. The second-order valence-electron chi connectivity index (χ2n) is 19.7. The molecular weight excluding hydrogens is 1020 g/mol. The number of fused-ring (bicyclic) bond motifs is 3. The van der Waals surface area contributed by atoms with E-state index in [9.17, 15) is 43.5 Å². The molecule has 5 rings (SSSR count). The van der Waals surface area contributed by atoms with Crippen molar-refractivity contribution in [3.63, 3.8) is 0 Å². The van der Waals surface area contributed by atoms with E-state index in [0.29, 0.717) is 34.1 Å². The van der Waals surface area contributed by atoms with Crippen molar-refractivity contribution in [1.29, 1.82) is 0 Å². The van der Waals surface area contributed by atoms with Crippen molar-refractivity contribution in [3.05, 3.63) is 113 Å². The molecule has 0 radical (unpaired) electrons. The van der Waals surface area contributed by atoms with E-state index in [-0.39, 0.29) is 85.5 Å². The van der Waals surface area contributed by atoms with E-state index in [2.05, 4.69) is 42.2 Å². The van der Waals surface area contributed by atoms with Gasteiger partial charge in [0.15, 0.2) is 5.96 Å². The van der Waals surface area contributed by atoms with Gasteiger partial charge in [-0.05, 0) is 95.9 Å². The van der Waals surface area contributed by atoms with Gasteiger partial charge in [-0.1, -0.05) is 86.6 Å². The molecule has 22 heteroatoms. The van der Waals surface area contributed by atoms with Crippen molar-refractivity contribution in [1.82, 2.24) is 31.9 Å². The van der Waals surface area contributed by atoms with Gasteiger partial charge < -0.3 is 59.5 Å². The van der Waals surface area contributed by atoms with E-state index in [1.165, 1.54) is 11.8 Å². The second kappa shape index (κ2) is 29.9. The number of nitrogens with one attached hydrogen (secondary N) is 7. The topological polar surface area (TPSA) is 331 Å². The van der Waals surface area contributed by atoms with Crippen LogP contribution in [0.1, 0.15) is 97.9 Å². The van der Waals surface area contributed by atoms with Gasteiger partial charge in [0.25, 0.3) is 5.91 Å². The number of thioether (sulfide) groups is 1. The van der Waals surface area contributed by atoms with Crippen LogP contribution in [-0.2, 0) is 56.0 Å². The first-order chi connectivity index (χ1) is 36.7. The van der Waals surface area contributed by atoms with Crippen molar-refractivity contribution in [3.8, 4) is 0 Å². The summed E-state index contributed by atoms with van der Waals surface area (Å²) in [6.45, 7) is 6.94. The van der Waals surface area contributed by atoms with Crippen molar-refractivity contribution in [2.75, 3.05) is 36.2 Å². The molecule has 0 spiro atoms. The van der Waals surface area contributed by atoms with E-state index in [4.69, 9.17) is 17.2 Å². The first kappa shape index (κ1) is 60.7. The van der Waals surface area contributed by atoms with E-state index < -0.39 is 78.2 Å². The quantitative estimate of drug-likeness (QED) is 0.0333. The highest BCUT2D eigenvalue weighted by molar-refractivity contribution is 7.98. The highest BCUT2D eigenvalue weighted by Crippen LogP contribution is 2.26. The lowest BCUT2D eigenvalue weighted by Crippen LogP contribution is -2.58. The van der Waals surface area contributed by atoms with Gasteiger partial charge in [-0.25, -0.2) is 4.79 Å². The van der Waals surface area contributed by atoms with Crippen LogP contribution in [0.5, 0.6) is 0 Å². The fourth-order valence-electron chi connectivity index (χ4n) is 8.62. The molecule has 77 heavy (non-hydrogen) atoms. The van der Waals surface area contributed by atoms with Crippen LogP contribution in [0.4, 0.5) is 5.69 Å². The van der Waals surface area contributed by atoms with Gasteiger partial charge >= 0.3 is 5.97 Å². The number of nitrogens with two attached hydrogens (primary N) is 3. The summed E-state index contributed by atoms with van der Waals surface area (Å²) < 4.78 is 0. The lowest BCUT2D eigenvalue weighted by atomic mass is 9.99. The SMILES string of the molecule is Cc1ccc(NC(=O)CC[C@H](N)C(=O)N[C@H]2CC[S+](C)Cc3cccc(c3)CSC[C@@H](C(=O)O)NC(=O)CNC(=O)[C@H](CCCN=C(N)N)NC(=O)[C@H](CC(C)C)NC2=O)cc1C(=O)NC(C)c1cccc2ccccc12. The summed E-state index contributed by atoms with van der Waals surface area (Å²) in [5.41, 5.74) is 21.8. The Hall–Kier alpha value is -7.17. The molecule has 14 N–H and O–H groups in total. The van der Waals surface area contributed by atoms with E-state index in [0.717, 1.165) is 27.5 Å². The summed E-state index contributed by atoms with van der Waals surface area (Å²) in [6.07, 6.45) is 2.33. The predicted molar refractivity (Wildman–Crippen MR) is 304 cm³/mol. The number of amides is 7. The summed E-state index contributed by atoms with van der Waals surface area (Å²) in [7, 11) is -0.336. The van der Waals surface area contributed by atoms with Crippen molar-refractivity contribution >= 4 is 92.4 Å². The number of carbonyl (C=O) groups is 8. The maximum Gasteiger partial charge on any atom is 0.327 e. The van der Waals surface area contributed by atoms with Crippen molar-refractivity contribution in [2.24, 2.45) is 28.1 Å². The number of guanidine groups is 1. The molecule has 0 fully saturated rings. The van der Waals surface area contributed by atoms with E-state index in [1.807, 2.05) is 93.8 Å². The maximum absolute atomic E-state index is 14.4. The van der Waals surface area contributed by atoms with Gasteiger partial charge in [-0.3, -0.25) is 38.6 Å². The molecule has 2 unspecified atom stereocenters. The van der Waals surface area contributed by atoms with Crippen LogP contribution in [0.15, 0.2) is 89.9 Å². The number of carboxylic acids is 1. The van der Waals surface area contributed by atoms with Gasteiger partial charge in [-0.2, -0.15) is 11.8 Å². The monoisotopic (exact) mass is 1100 g/mol. The number of aliphatic carboxylic acids is 1. The van der Waals surface area contributed by atoms with E-state index in [1.54, 1.807) is 25.1 Å². The Bertz CT molecular complexity index is 2770. The number of rotatable bonds is 16. The summed E-state index contributed by atoms with van der Waals surface area (Å²) >= 11 is 1.32. The molecule has 0 aliphatic carbocycles. The highest BCUT2D eigenvalue weighted by Gasteiger charge is 2.33. The number of carboxylic acid groups (broad SMARTS) is 1. The third-order valence-corrected chi connectivity index (χ3v) is 15.6. The zero-order valence-corrected chi connectivity index (χ0v) is 46.0. The minimum absolute atomic E-state index is 0.0244. The maximum atomic E-state index is 14.4. The number of anilines is 1. The summed E-state index contributed by atoms with van der Waals surface area (Å²) in [6, 6.07) is 20.4. The van der Waals surface area contributed by atoms with Gasteiger partial charge in [0, 0.05) is 47.7 Å². The molecule has 20 nitrogen and oxygen atoms in total. The number of hydrogen-bond donors (Lipinski definition) is 11.